The molecule has 96 valence electrons. The van der Waals surface area contributed by atoms with Gasteiger partial charge in [-0.3, -0.25) is 0 Å². The van der Waals surface area contributed by atoms with Crippen LogP contribution in [0.4, 0.5) is 0 Å². The van der Waals surface area contributed by atoms with Crippen molar-refractivity contribution in [1.29, 1.82) is 0 Å². The molecule has 0 aliphatic heterocycles. The molecule has 0 radical (unpaired) electrons. The van der Waals surface area contributed by atoms with Gasteiger partial charge in [0.15, 0.2) is 0 Å². The average molecular weight is 298 g/mol. The number of benzene rings is 1. The Balaban J connectivity index is 2.34. The van der Waals surface area contributed by atoms with E-state index < -0.39 is 0 Å². The van der Waals surface area contributed by atoms with Crippen LogP contribution in [0.2, 0.25) is 0 Å². The van der Waals surface area contributed by atoms with Crippen LogP contribution in [0.25, 0.3) is 0 Å². The topological polar surface area (TPSA) is 12.0 Å². The lowest BCUT2D eigenvalue weighted by Gasteiger charge is -2.20. The second-order valence-electron chi connectivity index (χ2n) is 5.36. The minimum absolute atomic E-state index is 0.539. The highest BCUT2D eigenvalue weighted by molar-refractivity contribution is 9.10. The summed E-state index contributed by atoms with van der Waals surface area (Å²) >= 11 is 3.46. The zero-order valence-corrected chi connectivity index (χ0v) is 12.9. The van der Waals surface area contributed by atoms with E-state index in [2.05, 4.69) is 73.2 Å². The van der Waals surface area contributed by atoms with E-state index in [4.69, 9.17) is 0 Å². The molecule has 1 nitrogen and oxygen atoms in total. The third kappa shape index (κ3) is 5.69. The summed E-state index contributed by atoms with van der Waals surface area (Å²) in [5, 5.41) is 3.62. The van der Waals surface area contributed by atoms with Gasteiger partial charge in [0.25, 0.3) is 0 Å². The number of hydrogen-bond donors (Lipinski definition) is 1. The van der Waals surface area contributed by atoms with Crippen LogP contribution in [0.5, 0.6) is 0 Å². The number of rotatable bonds is 6. The molecule has 2 unspecified atom stereocenters. The zero-order chi connectivity index (χ0) is 12.8. The summed E-state index contributed by atoms with van der Waals surface area (Å²) in [6.45, 7) is 10.2. The molecule has 0 saturated heterocycles. The summed E-state index contributed by atoms with van der Waals surface area (Å²) in [7, 11) is 0. The SMILES string of the molecule is CC(Cc1ccc(Br)cc1)NCC(C)C(C)C. The van der Waals surface area contributed by atoms with Crippen molar-refractivity contribution in [2.75, 3.05) is 6.54 Å². The largest absolute Gasteiger partial charge is 0.314 e. The van der Waals surface area contributed by atoms with Crippen LogP contribution >= 0.6 is 15.9 Å². The van der Waals surface area contributed by atoms with Crippen LogP contribution in [-0.2, 0) is 6.42 Å². The predicted octanol–water partition coefficient (Wildman–Crippen LogP) is 4.26. The normalized spacial score (nSPS) is 14.9. The van der Waals surface area contributed by atoms with Crippen molar-refractivity contribution >= 4 is 15.9 Å². The second kappa shape index (κ2) is 7.17. The Morgan fingerprint density at radius 1 is 1.06 bits per heavy atom. The summed E-state index contributed by atoms with van der Waals surface area (Å²) in [5.41, 5.74) is 1.39. The van der Waals surface area contributed by atoms with Gasteiger partial charge in [0.1, 0.15) is 0 Å². The van der Waals surface area contributed by atoms with E-state index >= 15 is 0 Å². The van der Waals surface area contributed by atoms with Crippen molar-refractivity contribution in [3.63, 3.8) is 0 Å². The molecule has 1 aromatic carbocycles. The molecule has 0 saturated carbocycles. The van der Waals surface area contributed by atoms with Crippen molar-refractivity contribution in [2.24, 2.45) is 11.8 Å². The molecule has 1 N–H and O–H groups in total. The van der Waals surface area contributed by atoms with Crippen LogP contribution in [0.3, 0.4) is 0 Å². The average Bonchev–Trinajstić information content (AvgIpc) is 2.29. The molecule has 0 aliphatic rings. The molecule has 2 atom stereocenters. The van der Waals surface area contributed by atoms with Crippen molar-refractivity contribution in [3.8, 4) is 0 Å². The molecule has 0 heterocycles. The number of nitrogens with one attached hydrogen (secondary N) is 1. The van der Waals surface area contributed by atoms with Crippen LogP contribution in [0.1, 0.15) is 33.3 Å². The molecule has 0 spiro atoms. The van der Waals surface area contributed by atoms with E-state index in [9.17, 15) is 0 Å². The Morgan fingerprint density at radius 3 is 2.18 bits per heavy atom. The minimum atomic E-state index is 0.539. The highest BCUT2D eigenvalue weighted by Gasteiger charge is 2.09. The Hall–Kier alpha value is -0.340. The van der Waals surface area contributed by atoms with E-state index in [-0.39, 0.29) is 0 Å². The van der Waals surface area contributed by atoms with Gasteiger partial charge in [0.2, 0.25) is 0 Å². The quantitative estimate of drug-likeness (QED) is 0.827. The molecule has 0 bridgehead atoms. The van der Waals surface area contributed by atoms with Crippen LogP contribution in [0, 0.1) is 11.8 Å². The standard InChI is InChI=1S/C15H24BrN/c1-11(2)12(3)10-17-13(4)9-14-5-7-15(16)8-6-14/h5-8,11-13,17H,9-10H2,1-4H3. The molecule has 0 aliphatic carbocycles. The first-order valence-electron chi connectivity index (χ1n) is 6.47. The fourth-order valence-corrected chi connectivity index (χ4v) is 1.93. The lowest BCUT2D eigenvalue weighted by molar-refractivity contribution is 0.372. The van der Waals surface area contributed by atoms with Crippen LogP contribution in [-0.4, -0.2) is 12.6 Å². The Kier molecular flexibility index (Phi) is 6.21. The summed E-state index contributed by atoms with van der Waals surface area (Å²) < 4.78 is 1.15. The predicted molar refractivity (Wildman–Crippen MR) is 79.3 cm³/mol. The highest BCUT2D eigenvalue weighted by atomic mass is 79.9. The minimum Gasteiger partial charge on any atom is -0.314 e. The summed E-state index contributed by atoms with van der Waals surface area (Å²) in [6.07, 6.45) is 1.10. The van der Waals surface area contributed by atoms with Gasteiger partial charge in [0.05, 0.1) is 0 Å². The van der Waals surface area contributed by atoms with Crippen molar-refractivity contribution in [2.45, 2.75) is 40.2 Å². The number of halogens is 1. The Bertz CT molecular complexity index is 318. The second-order valence-corrected chi connectivity index (χ2v) is 6.28. The van der Waals surface area contributed by atoms with E-state index in [0.717, 1.165) is 29.3 Å². The van der Waals surface area contributed by atoms with Gasteiger partial charge in [-0.25, -0.2) is 0 Å². The summed E-state index contributed by atoms with van der Waals surface area (Å²) in [6, 6.07) is 9.14. The van der Waals surface area contributed by atoms with Gasteiger partial charge in [-0.05, 0) is 49.4 Å². The highest BCUT2D eigenvalue weighted by Crippen LogP contribution is 2.12. The number of hydrogen-bond acceptors (Lipinski definition) is 1. The third-order valence-electron chi connectivity index (χ3n) is 3.38. The Labute approximate surface area is 114 Å². The van der Waals surface area contributed by atoms with E-state index in [1.54, 1.807) is 0 Å². The summed E-state index contributed by atoms with van der Waals surface area (Å²) in [5.74, 6) is 1.49. The molecule has 0 aromatic heterocycles. The van der Waals surface area contributed by atoms with E-state index in [0.29, 0.717) is 6.04 Å². The molecule has 1 rings (SSSR count). The van der Waals surface area contributed by atoms with E-state index in [1.807, 2.05) is 0 Å². The zero-order valence-electron chi connectivity index (χ0n) is 11.3. The maximum Gasteiger partial charge on any atom is 0.0175 e. The summed E-state index contributed by atoms with van der Waals surface area (Å²) in [4.78, 5) is 0. The molecule has 0 amide bonds. The fraction of sp³-hybridized carbons (Fsp3) is 0.600. The lowest BCUT2D eigenvalue weighted by Crippen LogP contribution is -2.33. The van der Waals surface area contributed by atoms with E-state index in [1.165, 1.54) is 5.56 Å². The molecule has 17 heavy (non-hydrogen) atoms. The van der Waals surface area contributed by atoms with Gasteiger partial charge in [-0.1, -0.05) is 48.8 Å². The van der Waals surface area contributed by atoms with Crippen molar-refractivity contribution in [1.82, 2.24) is 5.32 Å². The van der Waals surface area contributed by atoms with Crippen LogP contribution in [0.15, 0.2) is 28.7 Å². The first-order valence-corrected chi connectivity index (χ1v) is 7.26. The molecular weight excluding hydrogens is 274 g/mol. The van der Waals surface area contributed by atoms with Crippen molar-refractivity contribution in [3.05, 3.63) is 34.3 Å². The van der Waals surface area contributed by atoms with Gasteiger partial charge in [0, 0.05) is 10.5 Å². The Morgan fingerprint density at radius 2 is 1.65 bits per heavy atom. The van der Waals surface area contributed by atoms with Crippen molar-refractivity contribution < 1.29 is 0 Å². The molecular formula is C15H24BrN. The van der Waals surface area contributed by atoms with Gasteiger partial charge >= 0.3 is 0 Å². The maximum atomic E-state index is 3.62. The van der Waals surface area contributed by atoms with Gasteiger partial charge in [-0.15, -0.1) is 0 Å². The smallest absolute Gasteiger partial charge is 0.0175 e. The first-order chi connectivity index (χ1) is 7.99. The molecule has 2 heteroatoms. The first kappa shape index (κ1) is 14.7. The monoisotopic (exact) mass is 297 g/mol. The molecule has 1 aromatic rings. The van der Waals surface area contributed by atoms with Gasteiger partial charge < -0.3 is 5.32 Å². The lowest BCUT2D eigenvalue weighted by atomic mass is 9.97. The molecule has 0 fully saturated rings. The van der Waals surface area contributed by atoms with Gasteiger partial charge in [-0.2, -0.15) is 0 Å². The maximum absolute atomic E-state index is 3.62. The fourth-order valence-electron chi connectivity index (χ4n) is 1.67. The van der Waals surface area contributed by atoms with Crippen LogP contribution < -0.4 is 5.32 Å². The third-order valence-corrected chi connectivity index (χ3v) is 3.91.